The maximum atomic E-state index is 12.9. The van der Waals surface area contributed by atoms with Crippen molar-refractivity contribution in [2.75, 3.05) is 0 Å². The lowest BCUT2D eigenvalue weighted by Gasteiger charge is -2.23. The highest BCUT2D eigenvalue weighted by molar-refractivity contribution is 7.16. The Kier molecular flexibility index (Phi) is 3.77. The zero-order valence-electron chi connectivity index (χ0n) is 7.71. The van der Waals surface area contributed by atoms with Crippen molar-refractivity contribution in [2.45, 2.75) is 24.4 Å². The number of rotatable bonds is 2. The van der Waals surface area contributed by atoms with Gasteiger partial charge in [0, 0.05) is 4.88 Å². The van der Waals surface area contributed by atoms with Crippen LogP contribution in [0, 0.1) is 6.92 Å². The minimum atomic E-state index is -5.68. The summed E-state index contributed by atoms with van der Waals surface area (Å²) in [6.07, 6.45) is -5.68. The molecule has 1 aromatic heterocycles. The van der Waals surface area contributed by atoms with Crippen LogP contribution in [-0.4, -0.2) is 12.1 Å². The summed E-state index contributed by atoms with van der Waals surface area (Å²) in [6.45, 7) is 1.50. The smallest absolute Gasteiger partial charge is 0.194 e. The molecule has 0 bridgehead atoms. The minimum absolute atomic E-state index is 0.152. The zero-order valence-corrected chi connectivity index (χ0v) is 10.0. The Hall–Kier alpha value is -0.0700. The Morgan fingerprint density at radius 1 is 1.25 bits per heavy atom. The third-order valence-electron chi connectivity index (χ3n) is 1.82. The molecule has 0 aliphatic heterocycles. The average molecular weight is 299 g/mol. The maximum absolute atomic E-state index is 12.9. The quantitative estimate of drug-likeness (QED) is 0.521. The fraction of sp³-hybridized carbons (Fsp3) is 0.500. The normalized spacial score (nSPS) is 15.2. The van der Waals surface area contributed by atoms with Gasteiger partial charge in [-0.2, -0.15) is 22.0 Å². The molecule has 1 aromatic rings. The van der Waals surface area contributed by atoms with Gasteiger partial charge >= 0.3 is 12.1 Å². The number of hydrogen-bond donors (Lipinski definition) is 0. The zero-order chi connectivity index (χ0) is 12.7. The monoisotopic (exact) mass is 298 g/mol. The lowest BCUT2D eigenvalue weighted by molar-refractivity contribution is -0.283. The molecule has 1 unspecified atom stereocenters. The number of thiophene rings is 1. The van der Waals surface area contributed by atoms with Crippen LogP contribution in [0.1, 0.15) is 15.8 Å². The molecule has 0 aromatic carbocycles. The fourth-order valence-corrected chi connectivity index (χ4v) is 2.49. The van der Waals surface area contributed by atoms with E-state index in [2.05, 4.69) is 0 Å². The summed E-state index contributed by atoms with van der Waals surface area (Å²) in [5.41, 5.74) is 0.422. The van der Waals surface area contributed by atoms with Gasteiger partial charge in [-0.05, 0) is 18.6 Å². The molecule has 0 spiro atoms. The lowest BCUT2D eigenvalue weighted by atomic mass is 10.2. The molecule has 92 valence electrons. The predicted molar refractivity (Wildman–Crippen MR) is 53.7 cm³/mol. The van der Waals surface area contributed by atoms with Gasteiger partial charge in [-0.1, -0.05) is 11.6 Å². The van der Waals surface area contributed by atoms with E-state index in [1.807, 2.05) is 0 Å². The highest BCUT2D eigenvalue weighted by atomic mass is 35.5. The van der Waals surface area contributed by atoms with E-state index >= 15 is 0 Å². The Balaban J connectivity index is 3.07. The molecule has 0 saturated heterocycles. The fourth-order valence-electron chi connectivity index (χ4n) is 0.931. The first-order chi connectivity index (χ1) is 7.07. The molecule has 1 atom stereocenters. The van der Waals surface area contributed by atoms with Gasteiger partial charge in [-0.15, -0.1) is 22.9 Å². The van der Waals surface area contributed by atoms with Crippen molar-refractivity contribution in [3.63, 3.8) is 0 Å². The molecule has 0 aliphatic carbocycles. The van der Waals surface area contributed by atoms with E-state index in [-0.39, 0.29) is 9.21 Å². The molecule has 0 radical (unpaired) electrons. The molecule has 8 heteroatoms. The Morgan fingerprint density at radius 3 is 2.06 bits per heavy atom. The first-order valence-corrected chi connectivity index (χ1v) is 5.55. The van der Waals surface area contributed by atoms with Gasteiger partial charge in [0.25, 0.3) is 0 Å². The van der Waals surface area contributed by atoms with E-state index in [0.29, 0.717) is 16.9 Å². The van der Waals surface area contributed by atoms with Crippen LogP contribution < -0.4 is 0 Å². The Labute approximate surface area is 102 Å². The molecule has 16 heavy (non-hydrogen) atoms. The van der Waals surface area contributed by atoms with Crippen molar-refractivity contribution >= 4 is 34.5 Å². The Bertz CT molecular complexity index is 365. The van der Waals surface area contributed by atoms with Gasteiger partial charge in [0.05, 0.1) is 4.34 Å². The second kappa shape index (κ2) is 4.31. The van der Waals surface area contributed by atoms with Gasteiger partial charge in [0.15, 0.2) is 0 Å². The average Bonchev–Trinajstić information content (AvgIpc) is 2.43. The van der Waals surface area contributed by atoms with E-state index < -0.39 is 17.5 Å². The van der Waals surface area contributed by atoms with Gasteiger partial charge in [-0.25, -0.2) is 0 Å². The van der Waals surface area contributed by atoms with Crippen LogP contribution in [-0.2, 0) is 0 Å². The van der Waals surface area contributed by atoms with E-state index in [1.54, 1.807) is 0 Å². The number of alkyl halides is 6. The molecule has 0 N–H and O–H groups in total. The summed E-state index contributed by atoms with van der Waals surface area (Å²) in [5, 5.41) is -2.45. The van der Waals surface area contributed by atoms with E-state index in [4.69, 9.17) is 23.2 Å². The molecule has 0 fully saturated rings. The van der Waals surface area contributed by atoms with Crippen molar-refractivity contribution in [3.8, 4) is 0 Å². The number of aryl methyl sites for hydroxylation is 1. The minimum Gasteiger partial charge on any atom is -0.194 e. The van der Waals surface area contributed by atoms with Crippen LogP contribution in [0.25, 0.3) is 0 Å². The molecule has 0 nitrogen and oxygen atoms in total. The Morgan fingerprint density at radius 2 is 1.75 bits per heavy atom. The van der Waals surface area contributed by atoms with Crippen LogP contribution in [0.2, 0.25) is 4.34 Å². The van der Waals surface area contributed by atoms with Crippen LogP contribution in [0.3, 0.4) is 0 Å². The standard InChI is InChI=1S/C8H5Cl2F5S/c1-3-2-4(16-6(3)10)5(9)7(11,12)8(13,14)15/h2,5H,1H3. The number of halogens is 7. The largest absolute Gasteiger partial charge is 0.455 e. The molecule has 1 rings (SSSR count). The summed E-state index contributed by atoms with van der Waals surface area (Å²) >= 11 is 11.3. The number of hydrogen-bond acceptors (Lipinski definition) is 1. The van der Waals surface area contributed by atoms with Gasteiger partial charge in [0.1, 0.15) is 5.38 Å². The second-order valence-corrected chi connectivity index (χ2v) is 5.21. The van der Waals surface area contributed by atoms with E-state index in [0.717, 1.165) is 6.07 Å². The summed E-state index contributed by atoms with van der Waals surface area (Å²) in [5.74, 6) is -4.98. The van der Waals surface area contributed by atoms with Crippen LogP contribution >= 0.6 is 34.5 Å². The van der Waals surface area contributed by atoms with Crippen molar-refractivity contribution < 1.29 is 22.0 Å². The van der Waals surface area contributed by atoms with Crippen molar-refractivity contribution in [1.82, 2.24) is 0 Å². The third-order valence-corrected chi connectivity index (χ3v) is 4.08. The van der Waals surface area contributed by atoms with E-state index in [9.17, 15) is 22.0 Å². The van der Waals surface area contributed by atoms with Gasteiger partial charge in [-0.3, -0.25) is 0 Å². The highest BCUT2D eigenvalue weighted by Crippen LogP contribution is 2.50. The molecule has 1 heterocycles. The lowest BCUT2D eigenvalue weighted by Crippen LogP contribution is -2.39. The molecule has 0 saturated carbocycles. The van der Waals surface area contributed by atoms with Crippen molar-refractivity contribution in [1.29, 1.82) is 0 Å². The maximum Gasteiger partial charge on any atom is 0.455 e. The van der Waals surface area contributed by atoms with E-state index in [1.165, 1.54) is 6.92 Å². The summed E-state index contributed by atoms with van der Waals surface area (Å²) in [7, 11) is 0. The highest BCUT2D eigenvalue weighted by Gasteiger charge is 2.62. The molecule has 0 amide bonds. The third kappa shape index (κ3) is 2.43. The van der Waals surface area contributed by atoms with Crippen LogP contribution in [0.5, 0.6) is 0 Å². The van der Waals surface area contributed by atoms with Gasteiger partial charge < -0.3 is 0 Å². The molecular formula is C8H5Cl2F5S. The first kappa shape index (κ1) is 14.0. The summed E-state index contributed by atoms with van der Waals surface area (Å²) in [4.78, 5) is -0.300. The molecular weight excluding hydrogens is 294 g/mol. The van der Waals surface area contributed by atoms with Crippen LogP contribution in [0.4, 0.5) is 22.0 Å². The van der Waals surface area contributed by atoms with Gasteiger partial charge in [0.2, 0.25) is 0 Å². The topological polar surface area (TPSA) is 0 Å². The second-order valence-electron chi connectivity index (χ2n) is 3.09. The summed E-state index contributed by atoms with van der Waals surface area (Å²) < 4.78 is 61.9. The molecule has 0 aliphatic rings. The predicted octanol–water partition coefficient (Wildman–Crippen LogP) is 5.19. The SMILES string of the molecule is Cc1cc(C(Cl)C(F)(F)C(F)(F)F)sc1Cl. The summed E-state index contributed by atoms with van der Waals surface area (Å²) in [6, 6.07) is 1.13. The first-order valence-electron chi connectivity index (χ1n) is 3.92. The van der Waals surface area contributed by atoms with Crippen molar-refractivity contribution in [3.05, 3.63) is 20.8 Å². The van der Waals surface area contributed by atoms with Crippen LogP contribution in [0.15, 0.2) is 6.07 Å². The van der Waals surface area contributed by atoms with Crippen molar-refractivity contribution in [2.24, 2.45) is 0 Å².